The Morgan fingerprint density at radius 3 is 2.70 bits per heavy atom. The lowest BCUT2D eigenvalue weighted by Gasteiger charge is -2.37. The van der Waals surface area contributed by atoms with Crippen LogP contribution in [-0.2, 0) is 11.2 Å². The number of aromatic nitrogens is 1. The van der Waals surface area contributed by atoms with Gasteiger partial charge in [0.05, 0.1) is 11.6 Å². The normalized spacial score (nSPS) is 21.6. The summed E-state index contributed by atoms with van der Waals surface area (Å²) in [6.45, 7) is 1.92. The van der Waals surface area contributed by atoms with E-state index in [1.807, 2.05) is 31.2 Å². The molecule has 30 heavy (non-hydrogen) atoms. The second-order valence-electron chi connectivity index (χ2n) is 7.78. The Balaban J connectivity index is 1.72. The van der Waals surface area contributed by atoms with Crippen molar-refractivity contribution in [2.45, 2.75) is 31.4 Å². The van der Waals surface area contributed by atoms with E-state index < -0.39 is 17.6 Å². The van der Waals surface area contributed by atoms with E-state index in [0.29, 0.717) is 12.8 Å². The molecule has 1 aliphatic carbocycles. The van der Waals surface area contributed by atoms with E-state index in [2.05, 4.69) is 9.98 Å². The van der Waals surface area contributed by atoms with Crippen molar-refractivity contribution in [3.63, 3.8) is 0 Å². The third-order valence-electron chi connectivity index (χ3n) is 5.52. The van der Waals surface area contributed by atoms with Crippen LogP contribution in [0.2, 0.25) is 0 Å². The highest BCUT2D eigenvalue weighted by atomic mass is 19.1. The molecule has 3 N–H and O–H groups in total. The second-order valence-corrected chi connectivity index (χ2v) is 7.78. The summed E-state index contributed by atoms with van der Waals surface area (Å²) in [6, 6.07) is 9.85. The van der Waals surface area contributed by atoms with E-state index >= 15 is 0 Å². The van der Waals surface area contributed by atoms with E-state index in [-0.39, 0.29) is 11.5 Å². The summed E-state index contributed by atoms with van der Waals surface area (Å²) in [7, 11) is 0. The summed E-state index contributed by atoms with van der Waals surface area (Å²) in [5.41, 5.74) is 9.15. The van der Waals surface area contributed by atoms with Crippen LogP contribution in [0.1, 0.15) is 24.5 Å². The molecule has 1 aliphatic heterocycles. The zero-order valence-electron chi connectivity index (χ0n) is 16.5. The van der Waals surface area contributed by atoms with Gasteiger partial charge in [0.25, 0.3) is 5.91 Å². The zero-order chi connectivity index (χ0) is 21.3. The van der Waals surface area contributed by atoms with Gasteiger partial charge in [-0.05, 0) is 59.0 Å². The van der Waals surface area contributed by atoms with Gasteiger partial charge in [-0.15, -0.1) is 0 Å². The highest BCUT2D eigenvalue weighted by molar-refractivity contribution is 6.45. The van der Waals surface area contributed by atoms with Gasteiger partial charge in [0, 0.05) is 25.2 Å². The van der Waals surface area contributed by atoms with Gasteiger partial charge in [0.15, 0.2) is 0 Å². The molecular formula is C24H22FN3O2. The van der Waals surface area contributed by atoms with Gasteiger partial charge in [-0.1, -0.05) is 30.4 Å². The number of nitrogens with two attached hydrogens (primary N) is 1. The number of aliphatic hydroxyl groups is 1. The Bertz CT molecular complexity index is 1100. The van der Waals surface area contributed by atoms with Crippen molar-refractivity contribution in [2.24, 2.45) is 10.7 Å². The lowest BCUT2D eigenvalue weighted by Crippen LogP contribution is -2.38. The number of carbonyl (C=O) groups excluding carboxylic acids is 1. The molecule has 4 rings (SSSR count). The highest BCUT2D eigenvalue weighted by Gasteiger charge is 2.39. The second kappa shape index (κ2) is 7.80. The Morgan fingerprint density at radius 1 is 1.27 bits per heavy atom. The van der Waals surface area contributed by atoms with Crippen LogP contribution < -0.4 is 5.73 Å². The fourth-order valence-corrected chi connectivity index (χ4v) is 4.01. The predicted molar refractivity (Wildman–Crippen MR) is 114 cm³/mol. The van der Waals surface area contributed by atoms with Gasteiger partial charge in [-0.2, -0.15) is 0 Å². The molecule has 0 saturated carbocycles. The van der Waals surface area contributed by atoms with Gasteiger partial charge in [-0.25, -0.2) is 4.39 Å². The number of fused-ring (bicyclic) bond motifs is 1. The topological polar surface area (TPSA) is 88.6 Å². The SMILES string of the molecule is CC12CC(C(O)Cc3cccnc3)=CC=C1C(c1ccc(F)cc1)=CC(C(N)=O)=N2. The first-order chi connectivity index (χ1) is 14.4. The molecule has 2 aromatic rings. The van der Waals surface area contributed by atoms with Crippen molar-refractivity contribution >= 4 is 17.2 Å². The fraction of sp³-hybridized carbons (Fsp3) is 0.208. The summed E-state index contributed by atoms with van der Waals surface area (Å²) in [6.07, 6.45) is 9.07. The van der Waals surface area contributed by atoms with Crippen LogP contribution in [0.15, 0.2) is 83.2 Å². The van der Waals surface area contributed by atoms with Gasteiger partial charge in [0.1, 0.15) is 11.5 Å². The number of halogens is 1. The molecule has 152 valence electrons. The first-order valence-corrected chi connectivity index (χ1v) is 9.71. The molecule has 5 nitrogen and oxygen atoms in total. The Morgan fingerprint density at radius 2 is 2.03 bits per heavy atom. The predicted octanol–water partition coefficient (Wildman–Crippen LogP) is 3.16. The lowest BCUT2D eigenvalue weighted by molar-refractivity contribution is -0.111. The van der Waals surface area contributed by atoms with Gasteiger partial charge >= 0.3 is 0 Å². The van der Waals surface area contributed by atoms with Crippen molar-refractivity contribution in [2.75, 3.05) is 0 Å². The summed E-state index contributed by atoms with van der Waals surface area (Å²) < 4.78 is 13.4. The molecule has 1 aromatic carbocycles. The van der Waals surface area contributed by atoms with Gasteiger partial charge < -0.3 is 10.8 Å². The third kappa shape index (κ3) is 3.86. The van der Waals surface area contributed by atoms with E-state index in [4.69, 9.17) is 5.73 Å². The number of benzene rings is 1. The molecule has 2 aliphatic rings. The van der Waals surface area contributed by atoms with Crippen LogP contribution >= 0.6 is 0 Å². The molecule has 6 heteroatoms. The molecule has 0 saturated heterocycles. The van der Waals surface area contributed by atoms with Crippen molar-refractivity contribution in [3.8, 4) is 0 Å². The van der Waals surface area contributed by atoms with Crippen LogP contribution in [0, 0.1) is 5.82 Å². The largest absolute Gasteiger partial charge is 0.388 e. The monoisotopic (exact) mass is 403 g/mol. The third-order valence-corrected chi connectivity index (χ3v) is 5.52. The number of dihydropyridines is 1. The van der Waals surface area contributed by atoms with Gasteiger partial charge in [0.2, 0.25) is 0 Å². The van der Waals surface area contributed by atoms with Crippen molar-refractivity contribution in [3.05, 3.63) is 95.1 Å². The summed E-state index contributed by atoms with van der Waals surface area (Å²) in [4.78, 5) is 20.7. The number of allylic oxidation sites excluding steroid dienone is 2. The Labute approximate surface area is 174 Å². The number of carbonyl (C=O) groups is 1. The molecule has 2 unspecified atom stereocenters. The summed E-state index contributed by atoms with van der Waals surface area (Å²) in [5.74, 6) is -0.957. The molecular weight excluding hydrogens is 381 g/mol. The zero-order valence-corrected chi connectivity index (χ0v) is 16.5. The Kier molecular flexibility index (Phi) is 5.18. The van der Waals surface area contributed by atoms with E-state index in [0.717, 1.165) is 27.8 Å². The lowest BCUT2D eigenvalue weighted by atomic mass is 9.73. The number of nitrogens with zero attached hydrogens (tertiary/aromatic N) is 2. The molecule has 2 atom stereocenters. The quantitative estimate of drug-likeness (QED) is 0.804. The number of hydrogen-bond donors (Lipinski definition) is 2. The van der Waals surface area contributed by atoms with Crippen molar-refractivity contribution < 1.29 is 14.3 Å². The first kappa shape index (κ1) is 19.9. The number of primary amides is 1. The summed E-state index contributed by atoms with van der Waals surface area (Å²) >= 11 is 0. The van der Waals surface area contributed by atoms with E-state index in [9.17, 15) is 14.3 Å². The van der Waals surface area contributed by atoms with Crippen LogP contribution in [0.5, 0.6) is 0 Å². The standard InChI is InChI=1S/C24H22FN3O2/c1-24-13-17(22(29)11-15-3-2-10-27-14-15)6-9-20(24)19(12-21(28-24)23(26)30)16-4-7-18(25)8-5-16/h2-10,12,14,22,29H,11,13H2,1H3,(H2,26,30). The highest BCUT2D eigenvalue weighted by Crippen LogP contribution is 2.44. The van der Waals surface area contributed by atoms with E-state index in [1.54, 1.807) is 30.6 Å². The first-order valence-electron chi connectivity index (χ1n) is 9.71. The van der Waals surface area contributed by atoms with Crippen molar-refractivity contribution in [1.82, 2.24) is 4.98 Å². The number of hydrogen-bond acceptors (Lipinski definition) is 4. The number of aliphatic hydroxyl groups excluding tert-OH is 1. The molecule has 0 bridgehead atoms. The molecule has 2 heterocycles. The molecule has 0 spiro atoms. The number of pyridine rings is 1. The van der Waals surface area contributed by atoms with Crippen LogP contribution in [0.25, 0.3) is 5.57 Å². The Hall–Kier alpha value is -3.38. The van der Waals surface area contributed by atoms with Crippen molar-refractivity contribution in [1.29, 1.82) is 0 Å². The molecule has 1 amide bonds. The summed E-state index contributed by atoms with van der Waals surface area (Å²) in [5, 5.41) is 10.8. The average Bonchev–Trinajstić information content (AvgIpc) is 2.73. The number of amides is 1. The van der Waals surface area contributed by atoms with Gasteiger partial charge in [-0.3, -0.25) is 14.8 Å². The maximum absolute atomic E-state index is 13.4. The number of rotatable bonds is 5. The van der Waals surface area contributed by atoms with Crippen LogP contribution in [0.3, 0.4) is 0 Å². The maximum Gasteiger partial charge on any atom is 0.266 e. The molecule has 0 radical (unpaired) electrons. The fourth-order valence-electron chi connectivity index (χ4n) is 4.01. The smallest absolute Gasteiger partial charge is 0.266 e. The molecule has 1 aromatic heterocycles. The maximum atomic E-state index is 13.4. The van der Waals surface area contributed by atoms with Crippen LogP contribution in [0.4, 0.5) is 4.39 Å². The minimum Gasteiger partial charge on any atom is -0.388 e. The molecule has 0 fully saturated rings. The number of aliphatic imine (C=N–C) groups is 1. The van der Waals surface area contributed by atoms with Crippen LogP contribution in [-0.4, -0.2) is 33.4 Å². The minimum absolute atomic E-state index is 0.164. The minimum atomic E-state index is -0.761. The average molecular weight is 403 g/mol. The van der Waals surface area contributed by atoms with E-state index in [1.165, 1.54) is 12.1 Å².